The highest BCUT2D eigenvalue weighted by molar-refractivity contribution is 5.87. The lowest BCUT2D eigenvalue weighted by Crippen LogP contribution is -2.41. The van der Waals surface area contributed by atoms with Crippen LogP contribution in [-0.2, 0) is 16.0 Å². The summed E-state index contributed by atoms with van der Waals surface area (Å²) in [5.41, 5.74) is 1.24. The number of carboxylic acid groups (broad SMARTS) is 1. The number of hydrogen-bond donors (Lipinski definition) is 2. The predicted molar refractivity (Wildman–Crippen MR) is 82.9 cm³/mol. The molecule has 0 radical (unpaired) electrons. The molecule has 2 N–H and O–H groups in total. The number of benzene rings is 1. The van der Waals surface area contributed by atoms with Gasteiger partial charge in [0.15, 0.2) is 0 Å². The summed E-state index contributed by atoms with van der Waals surface area (Å²) < 4.78 is 5.60. The average Bonchev–Trinajstić information content (AvgIpc) is 2.53. The van der Waals surface area contributed by atoms with Gasteiger partial charge in [-0.3, -0.25) is 4.79 Å². The first-order valence-corrected chi connectivity index (χ1v) is 7.81. The molecule has 1 saturated heterocycles. The maximum Gasteiger partial charge on any atom is 0.335 e. The van der Waals surface area contributed by atoms with Crippen LogP contribution in [0.1, 0.15) is 48.5 Å². The van der Waals surface area contributed by atoms with Crippen molar-refractivity contribution in [3.05, 3.63) is 35.4 Å². The second-order valence-corrected chi connectivity index (χ2v) is 5.69. The van der Waals surface area contributed by atoms with Crippen LogP contribution in [0.3, 0.4) is 0 Å². The van der Waals surface area contributed by atoms with Gasteiger partial charge in [0, 0.05) is 19.1 Å². The van der Waals surface area contributed by atoms with Crippen LogP contribution in [0.5, 0.6) is 0 Å². The Morgan fingerprint density at radius 2 is 2.05 bits per heavy atom. The molecule has 0 spiro atoms. The fourth-order valence-electron chi connectivity index (χ4n) is 2.67. The minimum Gasteiger partial charge on any atom is -0.478 e. The van der Waals surface area contributed by atoms with E-state index in [9.17, 15) is 9.59 Å². The predicted octanol–water partition coefficient (Wildman–Crippen LogP) is 2.39. The summed E-state index contributed by atoms with van der Waals surface area (Å²) in [4.78, 5) is 22.8. The minimum absolute atomic E-state index is 0.0454. The summed E-state index contributed by atoms with van der Waals surface area (Å²) in [7, 11) is 0. The molecule has 2 unspecified atom stereocenters. The molecule has 1 fully saturated rings. The fourth-order valence-corrected chi connectivity index (χ4v) is 2.67. The van der Waals surface area contributed by atoms with Gasteiger partial charge in [-0.05, 0) is 43.4 Å². The van der Waals surface area contributed by atoms with Gasteiger partial charge in [-0.1, -0.05) is 19.1 Å². The second-order valence-electron chi connectivity index (χ2n) is 5.69. The number of hydrogen-bond acceptors (Lipinski definition) is 3. The van der Waals surface area contributed by atoms with Crippen LogP contribution in [0.4, 0.5) is 0 Å². The first kappa shape index (κ1) is 16.5. The first-order valence-electron chi connectivity index (χ1n) is 7.81. The van der Waals surface area contributed by atoms with E-state index in [1.807, 2.05) is 0 Å². The quantitative estimate of drug-likeness (QED) is 0.846. The molecule has 5 heteroatoms. The molecule has 1 heterocycles. The third kappa shape index (κ3) is 4.84. The number of nitrogens with one attached hydrogen (secondary N) is 1. The van der Waals surface area contributed by atoms with Crippen molar-refractivity contribution in [3.8, 4) is 0 Å². The summed E-state index contributed by atoms with van der Waals surface area (Å²) in [5.74, 6) is -0.890. The molecule has 5 nitrogen and oxygen atoms in total. The van der Waals surface area contributed by atoms with E-state index in [0.29, 0.717) is 19.4 Å². The van der Waals surface area contributed by atoms with E-state index in [1.165, 1.54) is 0 Å². The first-order chi connectivity index (χ1) is 10.6. The van der Waals surface area contributed by atoms with E-state index in [2.05, 4.69) is 12.2 Å². The SMILES string of the molecule is CCC1CC(NC(=O)CCc2ccc(C(=O)O)cc2)CCO1. The zero-order valence-electron chi connectivity index (χ0n) is 12.9. The van der Waals surface area contributed by atoms with Gasteiger partial charge >= 0.3 is 5.97 Å². The Kier molecular flexibility index (Phi) is 5.95. The van der Waals surface area contributed by atoms with Crippen LogP contribution in [0.2, 0.25) is 0 Å². The average molecular weight is 305 g/mol. The largest absolute Gasteiger partial charge is 0.478 e. The molecule has 0 bridgehead atoms. The Hall–Kier alpha value is -1.88. The molecule has 120 valence electrons. The van der Waals surface area contributed by atoms with Crippen molar-refractivity contribution >= 4 is 11.9 Å². The number of carbonyl (C=O) groups is 2. The van der Waals surface area contributed by atoms with Crippen molar-refractivity contribution in [1.82, 2.24) is 5.32 Å². The van der Waals surface area contributed by atoms with Gasteiger partial charge < -0.3 is 15.2 Å². The molecule has 22 heavy (non-hydrogen) atoms. The molecule has 1 amide bonds. The number of carboxylic acids is 1. The lowest BCUT2D eigenvalue weighted by molar-refractivity contribution is -0.122. The van der Waals surface area contributed by atoms with Crippen molar-refractivity contribution in [2.45, 2.75) is 51.2 Å². The van der Waals surface area contributed by atoms with E-state index in [-0.39, 0.29) is 23.6 Å². The summed E-state index contributed by atoms with van der Waals surface area (Å²) in [6, 6.07) is 6.87. The molecule has 2 rings (SSSR count). The zero-order valence-corrected chi connectivity index (χ0v) is 12.9. The number of carbonyl (C=O) groups excluding carboxylic acids is 1. The number of ether oxygens (including phenoxy) is 1. The number of rotatable bonds is 6. The maximum atomic E-state index is 12.0. The molecule has 0 aliphatic carbocycles. The molecular weight excluding hydrogens is 282 g/mol. The van der Waals surface area contributed by atoms with Crippen molar-refractivity contribution in [1.29, 1.82) is 0 Å². The Morgan fingerprint density at radius 3 is 2.68 bits per heavy atom. The molecule has 1 aromatic carbocycles. The van der Waals surface area contributed by atoms with Gasteiger partial charge in [-0.2, -0.15) is 0 Å². The van der Waals surface area contributed by atoms with E-state index >= 15 is 0 Å². The molecule has 1 aliphatic heterocycles. The monoisotopic (exact) mass is 305 g/mol. The van der Waals surface area contributed by atoms with Crippen molar-refractivity contribution in [3.63, 3.8) is 0 Å². The summed E-state index contributed by atoms with van der Waals surface area (Å²) in [6.07, 6.45) is 4.02. The smallest absolute Gasteiger partial charge is 0.335 e. The molecule has 1 aliphatic rings. The van der Waals surface area contributed by atoms with Gasteiger partial charge in [0.2, 0.25) is 5.91 Å². The van der Waals surface area contributed by atoms with Gasteiger partial charge in [-0.25, -0.2) is 4.79 Å². The fraction of sp³-hybridized carbons (Fsp3) is 0.529. The van der Waals surface area contributed by atoms with Gasteiger partial charge in [0.05, 0.1) is 11.7 Å². The van der Waals surface area contributed by atoms with Gasteiger partial charge in [-0.15, -0.1) is 0 Å². The summed E-state index contributed by atoms with van der Waals surface area (Å²) >= 11 is 0. The van der Waals surface area contributed by atoms with Gasteiger partial charge in [0.25, 0.3) is 0 Å². The molecule has 2 atom stereocenters. The maximum absolute atomic E-state index is 12.0. The third-order valence-corrected chi connectivity index (χ3v) is 4.03. The number of amides is 1. The molecule has 0 saturated carbocycles. The third-order valence-electron chi connectivity index (χ3n) is 4.03. The normalized spacial score (nSPS) is 21.3. The Bertz CT molecular complexity index is 512. The lowest BCUT2D eigenvalue weighted by atomic mass is 10.0. The van der Waals surface area contributed by atoms with Crippen molar-refractivity contribution in [2.24, 2.45) is 0 Å². The second kappa shape index (κ2) is 7.94. The van der Waals surface area contributed by atoms with Crippen LogP contribution in [0, 0.1) is 0 Å². The topological polar surface area (TPSA) is 75.6 Å². The van der Waals surface area contributed by atoms with Crippen molar-refractivity contribution in [2.75, 3.05) is 6.61 Å². The zero-order chi connectivity index (χ0) is 15.9. The van der Waals surface area contributed by atoms with E-state index < -0.39 is 5.97 Å². The minimum atomic E-state index is -0.936. The molecule has 1 aromatic rings. The van der Waals surface area contributed by atoms with Crippen LogP contribution in [0.25, 0.3) is 0 Å². The van der Waals surface area contributed by atoms with Crippen molar-refractivity contribution < 1.29 is 19.4 Å². The summed E-state index contributed by atoms with van der Waals surface area (Å²) in [5, 5.41) is 11.9. The van der Waals surface area contributed by atoms with E-state index in [0.717, 1.165) is 24.8 Å². The lowest BCUT2D eigenvalue weighted by Gasteiger charge is -2.29. The number of aryl methyl sites for hydroxylation is 1. The van der Waals surface area contributed by atoms with E-state index in [4.69, 9.17) is 9.84 Å². The standard InChI is InChI=1S/C17H23NO4/c1-2-15-11-14(9-10-22-15)18-16(19)8-5-12-3-6-13(7-4-12)17(20)21/h3-4,6-7,14-15H,2,5,8-11H2,1H3,(H,18,19)(H,20,21). The van der Waals surface area contributed by atoms with Crippen LogP contribution in [0.15, 0.2) is 24.3 Å². The molecule has 0 aromatic heterocycles. The Labute approximate surface area is 130 Å². The highest BCUT2D eigenvalue weighted by Crippen LogP contribution is 2.16. The van der Waals surface area contributed by atoms with Crippen LogP contribution < -0.4 is 5.32 Å². The van der Waals surface area contributed by atoms with Crippen LogP contribution in [-0.4, -0.2) is 35.7 Å². The Morgan fingerprint density at radius 1 is 1.32 bits per heavy atom. The van der Waals surface area contributed by atoms with E-state index in [1.54, 1.807) is 24.3 Å². The summed E-state index contributed by atoms with van der Waals surface area (Å²) in [6.45, 7) is 2.80. The molecular formula is C17H23NO4. The van der Waals surface area contributed by atoms with Crippen LogP contribution >= 0.6 is 0 Å². The number of aromatic carboxylic acids is 1. The Balaban J connectivity index is 1.76. The van der Waals surface area contributed by atoms with Gasteiger partial charge in [0.1, 0.15) is 0 Å². The highest BCUT2D eigenvalue weighted by Gasteiger charge is 2.22. The highest BCUT2D eigenvalue weighted by atomic mass is 16.5.